The summed E-state index contributed by atoms with van der Waals surface area (Å²) in [6, 6.07) is 5.82. The first-order valence-corrected chi connectivity index (χ1v) is 7.74. The summed E-state index contributed by atoms with van der Waals surface area (Å²) in [5, 5.41) is 0. The highest BCUT2D eigenvalue weighted by atomic mass is 35.5. The second kappa shape index (κ2) is 5.59. The van der Waals surface area contributed by atoms with Gasteiger partial charge in [-0.05, 0) is 37.1 Å². The quantitative estimate of drug-likeness (QED) is 0.788. The van der Waals surface area contributed by atoms with Crippen molar-refractivity contribution in [3.63, 3.8) is 0 Å². The van der Waals surface area contributed by atoms with Crippen molar-refractivity contribution in [1.29, 1.82) is 0 Å². The van der Waals surface area contributed by atoms with Crippen molar-refractivity contribution in [3.8, 4) is 0 Å². The topological polar surface area (TPSA) is 38.8 Å². The third-order valence-corrected chi connectivity index (χ3v) is 4.25. The van der Waals surface area contributed by atoms with Gasteiger partial charge in [0.25, 0.3) is 5.91 Å². The molecule has 0 radical (unpaired) electrons. The fourth-order valence-electron chi connectivity index (χ4n) is 3.02. The zero-order chi connectivity index (χ0) is 15.0. The number of hydrogen-bond acceptors (Lipinski definition) is 3. The normalized spacial score (nSPS) is 24.0. The fraction of sp³-hybridized carbons (Fsp3) is 0.562. The molecule has 1 aromatic rings. The summed E-state index contributed by atoms with van der Waals surface area (Å²) in [7, 11) is 0. The molecular formula is C16H20ClNO3. The molecule has 0 aromatic heterocycles. The molecular weight excluding hydrogens is 290 g/mol. The summed E-state index contributed by atoms with van der Waals surface area (Å²) < 4.78 is 11.3. The molecule has 5 heteroatoms. The predicted octanol–water partition coefficient (Wildman–Crippen LogP) is 2.58. The van der Waals surface area contributed by atoms with Crippen LogP contribution >= 0.6 is 11.6 Å². The number of hydrogen-bond donors (Lipinski definition) is 0. The SMILES string of the molecule is CC1(C)CN(C(=O)c2ccc3c(c2)COC3)CC(CCl)O1. The number of benzene rings is 1. The molecule has 1 fully saturated rings. The number of rotatable bonds is 2. The summed E-state index contributed by atoms with van der Waals surface area (Å²) in [6.07, 6.45) is -0.114. The van der Waals surface area contributed by atoms with Gasteiger partial charge in [0, 0.05) is 18.7 Å². The van der Waals surface area contributed by atoms with E-state index in [-0.39, 0.29) is 17.6 Å². The van der Waals surface area contributed by atoms with Gasteiger partial charge in [-0.1, -0.05) is 6.07 Å². The highest BCUT2D eigenvalue weighted by molar-refractivity contribution is 6.18. The van der Waals surface area contributed by atoms with Crippen LogP contribution in [0.5, 0.6) is 0 Å². The molecule has 0 spiro atoms. The molecule has 1 aromatic carbocycles. The number of carbonyl (C=O) groups excluding carboxylic acids is 1. The van der Waals surface area contributed by atoms with Crippen molar-refractivity contribution in [2.75, 3.05) is 19.0 Å². The minimum Gasteiger partial charge on any atom is -0.372 e. The lowest BCUT2D eigenvalue weighted by atomic mass is 10.0. The molecule has 2 aliphatic heterocycles. The Balaban J connectivity index is 1.81. The summed E-state index contributed by atoms with van der Waals surface area (Å²) in [5.41, 5.74) is 2.63. The molecule has 3 rings (SSSR count). The summed E-state index contributed by atoms with van der Waals surface area (Å²) >= 11 is 5.92. The number of carbonyl (C=O) groups is 1. The van der Waals surface area contributed by atoms with E-state index in [1.165, 1.54) is 5.56 Å². The maximum absolute atomic E-state index is 12.7. The Kier molecular flexibility index (Phi) is 3.95. The lowest BCUT2D eigenvalue weighted by Crippen LogP contribution is -2.55. The molecule has 2 heterocycles. The number of alkyl halides is 1. The van der Waals surface area contributed by atoms with Crippen molar-refractivity contribution in [2.45, 2.75) is 38.8 Å². The molecule has 0 bridgehead atoms. The third-order valence-electron chi connectivity index (χ3n) is 3.91. The van der Waals surface area contributed by atoms with Crippen LogP contribution in [0.1, 0.15) is 35.3 Å². The Morgan fingerprint density at radius 3 is 2.90 bits per heavy atom. The van der Waals surface area contributed by atoms with E-state index >= 15 is 0 Å². The van der Waals surface area contributed by atoms with Gasteiger partial charge < -0.3 is 14.4 Å². The van der Waals surface area contributed by atoms with E-state index in [2.05, 4.69) is 0 Å². The van der Waals surface area contributed by atoms with Gasteiger partial charge >= 0.3 is 0 Å². The van der Waals surface area contributed by atoms with E-state index < -0.39 is 0 Å². The van der Waals surface area contributed by atoms with Crippen LogP contribution in [0.4, 0.5) is 0 Å². The van der Waals surface area contributed by atoms with Crippen LogP contribution < -0.4 is 0 Å². The highest BCUT2D eigenvalue weighted by Crippen LogP contribution is 2.25. The highest BCUT2D eigenvalue weighted by Gasteiger charge is 2.35. The molecule has 114 valence electrons. The zero-order valence-corrected chi connectivity index (χ0v) is 13.2. The van der Waals surface area contributed by atoms with E-state index in [9.17, 15) is 4.79 Å². The van der Waals surface area contributed by atoms with Gasteiger partial charge in [-0.15, -0.1) is 11.6 Å². The lowest BCUT2D eigenvalue weighted by molar-refractivity contribution is -0.117. The van der Waals surface area contributed by atoms with Crippen molar-refractivity contribution in [3.05, 3.63) is 34.9 Å². The van der Waals surface area contributed by atoms with Crippen LogP contribution in [0.15, 0.2) is 18.2 Å². The van der Waals surface area contributed by atoms with E-state index in [0.717, 1.165) is 5.56 Å². The third kappa shape index (κ3) is 3.07. The largest absolute Gasteiger partial charge is 0.372 e. The maximum atomic E-state index is 12.7. The standard InChI is InChI=1S/C16H20ClNO3/c1-16(2)10-18(7-14(6-17)21-16)15(19)11-3-4-12-8-20-9-13(12)5-11/h3-5,14H,6-10H2,1-2H3. The van der Waals surface area contributed by atoms with Crippen LogP contribution in [0.2, 0.25) is 0 Å². The number of amides is 1. The summed E-state index contributed by atoms with van der Waals surface area (Å²) in [6.45, 7) is 6.33. The minimum atomic E-state index is -0.368. The Hall–Kier alpha value is -1.10. The predicted molar refractivity (Wildman–Crippen MR) is 80.5 cm³/mol. The van der Waals surface area contributed by atoms with Crippen molar-refractivity contribution in [1.82, 2.24) is 4.90 Å². The van der Waals surface area contributed by atoms with Crippen molar-refractivity contribution in [2.24, 2.45) is 0 Å². The Morgan fingerprint density at radius 1 is 1.38 bits per heavy atom. The minimum absolute atomic E-state index is 0.0381. The van der Waals surface area contributed by atoms with Crippen LogP contribution in [0, 0.1) is 0 Å². The fourth-order valence-corrected chi connectivity index (χ4v) is 3.18. The average Bonchev–Trinajstić information content (AvgIpc) is 2.92. The number of nitrogens with zero attached hydrogens (tertiary/aromatic N) is 1. The van der Waals surface area contributed by atoms with Gasteiger partial charge in [0.05, 0.1) is 30.8 Å². The number of morpholine rings is 1. The summed E-state index contributed by atoms with van der Waals surface area (Å²) in [4.78, 5) is 14.6. The summed E-state index contributed by atoms with van der Waals surface area (Å²) in [5.74, 6) is 0.432. The first-order valence-electron chi connectivity index (χ1n) is 7.21. The van der Waals surface area contributed by atoms with Crippen LogP contribution in [-0.4, -0.2) is 41.5 Å². The first-order chi connectivity index (χ1) is 9.98. The molecule has 4 nitrogen and oxygen atoms in total. The van der Waals surface area contributed by atoms with Gasteiger partial charge in [0.1, 0.15) is 0 Å². The van der Waals surface area contributed by atoms with Gasteiger partial charge in [0.15, 0.2) is 0 Å². The first kappa shape index (κ1) is 14.8. The van der Waals surface area contributed by atoms with Gasteiger partial charge in [-0.3, -0.25) is 4.79 Å². The van der Waals surface area contributed by atoms with Gasteiger partial charge in [-0.25, -0.2) is 0 Å². The average molecular weight is 310 g/mol. The second-order valence-corrected chi connectivity index (χ2v) is 6.62. The van der Waals surface area contributed by atoms with Gasteiger partial charge in [-0.2, -0.15) is 0 Å². The number of ether oxygens (including phenoxy) is 2. The van der Waals surface area contributed by atoms with E-state index in [4.69, 9.17) is 21.1 Å². The maximum Gasteiger partial charge on any atom is 0.254 e. The molecule has 1 saturated heterocycles. The molecule has 1 amide bonds. The Morgan fingerprint density at radius 2 is 2.14 bits per heavy atom. The van der Waals surface area contributed by atoms with E-state index in [1.807, 2.05) is 36.9 Å². The van der Waals surface area contributed by atoms with Crippen molar-refractivity contribution < 1.29 is 14.3 Å². The Labute approximate surface area is 130 Å². The van der Waals surface area contributed by atoms with E-state index in [0.29, 0.717) is 37.7 Å². The molecule has 21 heavy (non-hydrogen) atoms. The van der Waals surface area contributed by atoms with Gasteiger partial charge in [0.2, 0.25) is 0 Å². The van der Waals surface area contributed by atoms with Crippen LogP contribution in [-0.2, 0) is 22.7 Å². The monoisotopic (exact) mass is 309 g/mol. The smallest absolute Gasteiger partial charge is 0.254 e. The molecule has 0 saturated carbocycles. The zero-order valence-electron chi connectivity index (χ0n) is 12.4. The molecule has 0 aliphatic carbocycles. The lowest BCUT2D eigenvalue weighted by Gasteiger charge is -2.42. The molecule has 2 aliphatic rings. The number of fused-ring (bicyclic) bond motifs is 1. The molecule has 1 unspecified atom stereocenters. The Bertz CT molecular complexity index is 558. The van der Waals surface area contributed by atoms with Crippen LogP contribution in [0.25, 0.3) is 0 Å². The second-order valence-electron chi connectivity index (χ2n) is 6.32. The number of halogens is 1. The van der Waals surface area contributed by atoms with Crippen molar-refractivity contribution >= 4 is 17.5 Å². The molecule has 0 N–H and O–H groups in total. The van der Waals surface area contributed by atoms with Crippen LogP contribution in [0.3, 0.4) is 0 Å². The van der Waals surface area contributed by atoms with E-state index in [1.54, 1.807) is 0 Å². The molecule has 1 atom stereocenters.